The highest BCUT2D eigenvalue weighted by atomic mass is 32.2. The van der Waals surface area contributed by atoms with Crippen molar-refractivity contribution in [1.29, 1.82) is 0 Å². The summed E-state index contributed by atoms with van der Waals surface area (Å²) >= 11 is 0. The molecule has 0 radical (unpaired) electrons. The molecular formula is C16H20N4O3S. The van der Waals surface area contributed by atoms with Crippen molar-refractivity contribution in [3.63, 3.8) is 0 Å². The van der Waals surface area contributed by atoms with Crippen LogP contribution in [0.2, 0.25) is 0 Å². The highest BCUT2D eigenvalue weighted by Gasteiger charge is 2.32. The molecule has 2 aromatic rings. The lowest BCUT2D eigenvalue weighted by molar-refractivity contribution is 0.0873. The third-order valence-corrected chi connectivity index (χ3v) is 5.57. The number of anilines is 1. The number of hydrogen-bond acceptors (Lipinski definition) is 5. The molecule has 0 amide bonds. The molecule has 7 nitrogen and oxygen atoms in total. The number of piperidine rings is 1. The van der Waals surface area contributed by atoms with Crippen LogP contribution in [0.3, 0.4) is 0 Å². The molecule has 3 rings (SSSR count). The van der Waals surface area contributed by atoms with E-state index in [0.717, 1.165) is 5.69 Å². The third-order valence-electron chi connectivity index (χ3n) is 4.30. The van der Waals surface area contributed by atoms with Gasteiger partial charge in [-0.1, -0.05) is 18.2 Å². The number of carbonyl (C=O) groups excluding carboxylic acids is 1. The number of Topliss-reactive ketones (excluding diaryl/α,β-unsaturated/α-hetero) is 1. The Balaban J connectivity index is 1.85. The molecule has 1 saturated heterocycles. The number of ketones is 1. The standard InChI is InChI=1S/C16H20N4O3S/c1-24(22,23)19-9-5-6-12(11-19)15(21)14-10-18-20(16(14)17)13-7-3-2-4-8-13/h2-4,7-8,10,12H,5-6,9,11,17H2,1H3/t12-/m1/s1. The van der Waals surface area contributed by atoms with Gasteiger partial charge >= 0.3 is 0 Å². The van der Waals surface area contributed by atoms with E-state index in [-0.39, 0.29) is 24.1 Å². The molecular weight excluding hydrogens is 328 g/mol. The second kappa shape index (κ2) is 6.37. The number of rotatable bonds is 4. The van der Waals surface area contributed by atoms with Gasteiger partial charge in [-0.2, -0.15) is 5.10 Å². The molecule has 0 spiro atoms. The number of para-hydroxylation sites is 1. The molecule has 1 aromatic carbocycles. The smallest absolute Gasteiger partial charge is 0.211 e. The van der Waals surface area contributed by atoms with E-state index in [1.165, 1.54) is 21.4 Å². The summed E-state index contributed by atoms with van der Waals surface area (Å²) in [5.74, 6) is -0.255. The molecule has 0 saturated carbocycles. The summed E-state index contributed by atoms with van der Waals surface area (Å²) in [6.45, 7) is 0.662. The van der Waals surface area contributed by atoms with Crippen molar-refractivity contribution < 1.29 is 13.2 Å². The molecule has 128 valence electrons. The largest absolute Gasteiger partial charge is 0.383 e. The first kappa shape index (κ1) is 16.7. The fourth-order valence-electron chi connectivity index (χ4n) is 3.00. The zero-order valence-electron chi connectivity index (χ0n) is 13.4. The Hall–Kier alpha value is -2.19. The van der Waals surface area contributed by atoms with Gasteiger partial charge in [-0.3, -0.25) is 4.79 Å². The van der Waals surface area contributed by atoms with Gasteiger partial charge in [0, 0.05) is 19.0 Å². The first-order valence-electron chi connectivity index (χ1n) is 7.76. The van der Waals surface area contributed by atoms with Gasteiger partial charge in [0.15, 0.2) is 5.78 Å². The molecule has 2 N–H and O–H groups in total. The Kier molecular flexibility index (Phi) is 4.42. The Morgan fingerprint density at radius 2 is 2.00 bits per heavy atom. The molecule has 0 unspecified atom stereocenters. The molecule has 0 aliphatic carbocycles. The van der Waals surface area contributed by atoms with Crippen molar-refractivity contribution in [2.45, 2.75) is 12.8 Å². The molecule has 1 fully saturated rings. The van der Waals surface area contributed by atoms with Gasteiger partial charge in [0.05, 0.1) is 23.7 Å². The summed E-state index contributed by atoms with van der Waals surface area (Å²) in [4.78, 5) is 12.8. The average molecular weight is 348 g/mol. The average Bonchev–Trinajstić information content (AvgIpc) is 2.96. The van der Waals surface area contributed by atoms with Crippen LogP contribution >= 0.6 is 0 Å². The van der Waals surface area contributed by atoms with Crippen molar-refractivity contribution in [2.75, 3.05) is 25.1 Å². The lowest BCUT2D eigenvalue weighted by Gasteiger charge is -2.29. The Bertz CT molecular complexity index is 845. The van der Waals surface area contributed by atoms with Crippen molar-refractivity contribution in [2.24, 2.45) is 5.92 Å². The van der Waals surface area contributed by atoms with Crippen LogP contribution in [-0.2, 0) is 10.0 Å². The minimum absolute atomic E-state index is 0.150. The van der Waals surface area contributed by atoms with Gasteiger partial charge in [-0.05, 0) is 25.0 Å². The SMILES string of the molecule is CS(=O)(=O)N1CCC[C@@H](C(=O)c2cnn(-c3ccccc3)c2N)C1. The molecule has 0 bridgehead atoms. The summed E-state index contributed by atoms with van der Waals surface area (Å²) in [7, 11) is -3.29. The van der Waals surface area contributed by atoms with Crippen LogP contribution in [0.5, 0.6) is 0 Å². The molecule has 1 atom stereocenters. The predicted molar refractivity (Wildman–Crippen MR) is 91.4 cm³/mol. The normalized spacial score (nSPS) is 19.3. The minimum atomic E-state index is -3.29. The number of sulfonamides is 1. The summed E-state index contributed by atoms with van der Waals surface area (Å²) in [6.07, 6.45) is 3.95. The highest BCUT2D eigenvalue weighted by molar-refractivity contribution is 7.88. The Labute approximate surface area is 141 Å². The van der Waals surface area contributed by atoms with Gasteiger partial charge in [0.25, 0.3) is 0 Å². The molecule has 1 aliphatic heterocycles. The minimum Gasteiger partial charge on any atom is -0.383 e. The topological polar surface area (TPSA) is 98.3 Å². The number of aromatic nitrogens is 2. The van der Waals surface area contributed by atoms with Crippen LogP contribution < -0.4 is 5.73 Å². The van der Waals surface area contributed by atoms with Gasteiger partial charge in [0.2, 0.25) is 10.0 Å². The highest BCUT2D eigenvalue weighted by Crippen LogP contribution is 2.26. The lowest BCUT2D eigenvalue weighted by atomic mass is 9.92. The van der Waals surface area contributed by atoms with E-state index in [9.17, 15) is 13.2 Å². The van der Waals surface area contributed by atoms with Crippen LogP contribution in [0.15, 0.2) is 36.5 Å². The number of hydrogen-bond donors (Lipinski definition) is 1. The molecule has 2 heterocycles. The van der Waals surface area contributed by atoms with Crippen molar-refractivity contribution in [1.82, 2.24) is 14.1 Å². The second-order valence-electron chi connectivity index (χ2n) is 6.02. The first-order chi connectivity index (χ1) is 11.4. The summed E-state index contributed by atoms with van der Waals surface area (Å²) < 4.78 is 26.3. The van der Waals surface area contributed by atoms with Crippen molar-refractivity contribution in [3.8, 4) is 5.69 Å². The summed E-state index contributed by atoms with van der Waals surface area (Å²) in [5.41, 5.74) is 7.23. The van der Waals surface area contributed by atoms with E-state index in [1.807, 2.05) is 30.3 Å². The van der Waals surface area contributed by atoms with Gasteiger partial charge < -0.3 is 5.73 Å². The number of nitrogens with zero attached hydrogens (tertiary/aromatic N) is 3. The second-order valence-corrected chi connectivity index (χ2v) is 8.00. The fourth-order valence-corrected chi connectivity index (χ4v) is 3.91. The molecule has 1 aromatic heterocycles. The number of carbonyl (C=O) groups is 1. The maximum Gasteiger partial charge on any atom is 0.211 e. The van der Waals surface area contributed by atoms with Crippen LogP contribution in [-0.4, -0.2) is 47.6 Å². The number of nitrogen functional groups attached to an aromatic ring is 1. The van der Waals surface area contributed by atoms with Crippen LogP contribution in [0.25, 0.3) is 5.69 Å². The molecule has 1 aliphatic rings. The third kappa shape index (κ3) is 3.20. The summed E-state index contributed by atoms with van der Waals surface area (Å²) in [6, 6.07) is 9.32. The number of benzene rings is 1. The quantitative estimate of drug-likeness (QED) is 0.840. The van der Waals surface area contributed by atoms with Crippen molar-refractivity contribution >= 4 is 21.6 Å². The van der Waals surface area contributed by atoms with Gasteiger partial charge in [-0.25, -0.2) is 17.4 Å². The Morgan fingerprint density at radius 3 is 2.67 bits per heavy atom. The van der Waals surface area contributed by atoms with Crippen LogP contribution in [0, 0.1) is 5.92 Å². The summed E-state index contributed by atoms with van der Waals surface area (Å²) in [5, 5.41) is 4.21. The van der Waals surface area contributed by atoms with E-state index >= 15 is 0 Å². The predicted octanol–water partition coefficient (Wildman–Crippen LogP) is 1.31. The van der Waals surface area contributed by atoms with E-state index in [4.69, 9.17) is 5.73 Å². The van der Waals surface area contributed by atoms with Gasteiger partial charge in [-0.15, -0.1) is 0 Å². The molecule has 8 heteroatoms. The zero-order valence-corrected chi connectivity index (χ0v) is 14.2. The van der Waals surface area contributed by atoms with E-state index in [0.29, 0.717) is 24.9 Å². The fraction of sp³-hybridized carbons (Fsp3) is 0.375. The van der Waals surface area contributed by atoms with E-state index in [2.05, 4.69) is 5.10 Å². The Morgan fingerprint density at radius 1 is 1.29 bits per heavy atom. The maximum atomic E-state index is 12.8. The van der Waals surface area contributed by atoms with E-state index < -0.39 is 10.0 Å². The van der Waals surface area contributed by atoms with Crippen LogP contribution in [0.1, 0.15) is 23.2 Å². The monoisotopic (exact) mass is 348 g/mol. The van der Waals surface area contributed by atoms with E-state index in [1.54, 1.807) is 0 Å². The lowest BCUT2D eigenvalue weighted by Crippen LogP contribution is -2.41. The first-order valence-corrected chi connectivity index (χ1v) is 9.61. The zero-order chi connectivity index (χ0) is 17.3. The number of nitrogens with two attached hydrogens (primary N) is 1. The van der Waals surface area contributed by atoms with Gasteiger partial charge in [0.1, 0.15) is 5.82 Å². The maximum absolute atomic E-state index is 12.8. The van der Waals surface area contributed by atoms with Crippen molar-refractivity contribution in [3.05, 3.63) is 42.1 Å². The van der Waals surface area contributed by atoms with Crippen LogP contribution in [0.4, 0.5) is 5.82 Å². The molecule has 24 heavy (non-hydrogen) atoms.